The highest BCUT2D eigenvalue weighted by Crippen LogP contribution is 2.23. The van der Waals surface area contributed by atoms with Gasteiger partial charge in [-0.15, -0.1) is 0 Å². The molecule has 0 bridgehead atoms. The van der Waals surface area contributed by atoms with Crippen LogP contribution < -0.4 is 0 Å². The standard InChI is InChI=1S/C20H18O4S/c1-15-12-13-17(24-15)14-19(20(21)16-8-4-2-5-9-16)25(22,23)18-10-6-3-7-11-18/h2-13,19H,14H2,1H3. The van der Waals surface area contributed by atoms with Crippen molar-refractivity contribution in [3.8, 4) is 0 Å². The number of aryl methyl sites for hydroxylation is 1. The Kier molecular flexibility index (Phi) is 4.86. The number of furan rings is 1. The normalized spacial score (nSPS) is 12.7. The predicted molar refractivity (Wildman–Crippen MR) is 95.3 cm³/mol. The molecule has 3 aromatic rings. The van der Waals surface area contributed by atoms with Crippen LogP contribution in [-0.2, 0) is 16.3 Å². The molecule has 1 unspecified atom stereocenters. The average molecular weight is 354 g/mol. The molecule has 0 radical (unpaired) electrons. The fourth-order valence-corrected chi connectivity index (χ4v) is 4.35. The minimum atomic E-state index is -3.85. The van der Waals surface area contributed by atoms with E-state index in [1.807, 2.05) is 0 Å². The highest BCUT2D eigenvalue weighted by atomic mass is 32.2. The smallest absolute Gasteiger partial charge is 0.189 e. The maximum Gasteiger partial charge on any atom is 0.189 e. The van der Waals surface area contributed by atoms with E-state index in [9.17, 15) is 13.2 Å². The Hall–Kier alpha value is -2.66. The van der Waals surface area contributed by atoms with Gasteiger partial charge in [0.25, 0.3) is 0 Å². The first-order chi connectivity index (χ1) is 12.0. The van der Waals surface area contributed by atoms with E-state index in [-0.39, 0.29) is 11.3 Å². The summed E-state index contributed by atoms with van der Waals surface area (Å²) in [5, 5.41) is -1.23. The van der Waals surface area contributed by atoms with Gasteiger partial charge in [0.15, 0.2) is 15.6 Å². The second-order valence-electron chi connectivity index (χ2n) is 5.79. The SMILES string of the molecule is Cc1ccc(CC(C(=O)c2ccccc2)S(=O)(=O)c2ccccc2)o1. The maximum atomic E-state index is 13.1. The molecule has 0 amide bonds. The van der Waals surface area contributed by atoms with E-state index in [4.69, 9.17) is 4.42 Å². The lowest BCUT2D eigenvalue weighted by Crippen LogP contribution is -2.32. The van der Waals surface area contributed by atoms with Crippen LogP contribution in [0.15, 0.2) is 82.1 Å². The molecule has 3 rings (SSSR count). The summed E-state index contributed by atoms with van der Waals surface area (Å²) in [6, 6.07) is 20.0. The van der Waals surface area contributed by atoms with Crippen LogP contribution in [0.1, 0.15) is 21.9 Å². The number of hydrogen-bond donors (Lipinski definition) is 0. The summed E-state index contributed by atoms with van der Waals surface area (Å²) in [4.78, 5) is 13.1. The fourth-order valence-electron chi connectivity index (χ4n) is 2.68. The first-order valence-electron chi connectivity index (χ1n) is 7.92. The summed E-state index contributed by atoms with van der Waals surface area (Å²) < 4.78 is 31.7. The minimum absolute atomic E-state index is 0.00120. The molecule has 2 aromatic carbocycles. The molecule has 1 aromatic heterocycles. The van der Waals surface area contributed by atoms with E-state index in [0.717, 1.165) is 0 Å². The Bertz CT molecular complexity index is 957. The van der Waals surface area contributed by atoms with Gasteiger partial charge in [-0.3, -0.25) is 4.79 Å². The summed E-state index contributed by atoms with van der Waals surface area (Å²) in [7, 11) is -3.85. The quantitative estimate of drug-likeness (QED) is 0.631. The third-order valence-corrected chi connectivity index (χ3v) is 6.04. The summed E-state index contributed by atoms with van der Waals surface area (Å²) in [6.45, 7) is 1.78. The molecule has 5 heteroatoms. The number of hydrogen-bond acceptors (Lipinski definition) is 4. The lowest BCUT2D eigenvalue weighted by molar-refractivity contribution is 0.0984. The van der Waals surface area contributed by atoms with Crippen molar-refractivity contribution in [2.45, 2.75) is 23.5 Å². The number of benzene rings is 2. The zero-order valence-corrected chi connectivity index (χ0v) is 14.6. The lowest BCUT2D eigenvalue weighted by atomic mass is 10.1. The molecule has 0 saturated carbocycles. The van der Waals surface area contributed by atoms with Gasteiger partial charge in [-0.1, -0.05) is 48.5 Å². The molecular formula is C20H18O4S. The number of carbonyl (C=O) groups excluding carboxylic acids is 1. The van der Waals surface area contributed by atoms with Crippen molar-refractivity contribution in [3.63, 3.8) is 0 Å². The number of carbonyl (C=O) groups is 1. The number of Topliss-reactive ketones (excluding diaryl/α,β-unsaturated/α-hetero) is 1. The molecule has 25 heavy (non-hydrogen) atoms. The number of ketones is 1. The van der Waals surface area contributed by atoms with Gasteiger partial charge in [0, 0.05) is 12.0 Å². The average Bonchev–Trinajstić information content (AvgIpc) is 3.05. The van der Waals surface area contributed by atoms with E-state index in [1.54, 1.807) is 67.6 Å². The van der Waals surface area contributed by atoms with Gasteiger partial charge in [0.1, 0.15) is 16.8 Å². The summed E-state index contributed by atoms with van der Waals surface area (Å²) in [5.41, 5.74) is 0.371. The first-order valence-corrected chi connectivity index (χ1v) is 9.46. The third kappa shape index (κ3) is 3.72. The molecular weight excluding hydrogens is 336 g/mol. The Morgan fingerprint density at radius 2 is 1.52 bits per heavy atom. The van der Waals surface area contributed by atoms with Crippen molar-refractivity contribution in [1.82, 2.24) is 0 Å². The molecule has 0 saturated heterocycles. The molecule has 0 aliphatic carbocycles. The van der Waals surface area contributed by atoms with Gasteiger partial charge in [0.05, 0.1) is 4.90 Å². The second-order valence-corrected chi connectivity index (χ2v) is 7.92. The number of rotatable bonds is 6. The highest BCUT2D eigenvalue weighted by Gasteiger charge is 2.35. The van der Waals surface area contributed by atoms with Crippen molar-refractivity contribution in [2.75, 3.05) is 0 Å². The summed E-state index contributed by atoms with van der Waals surface area (Å²) in [5.74, 6) is 0.725. The van der Waals surface area contributed by atoms with E-state index < -0.39 is 20.9 Å². The molecule has 0 aliphatic rings. The molecule has 1 atom stereocenters. The first kappa shape index (κ1) is 17.2. The van der Waals surface area contributed by atoms with Gasteiger partial charge in [-0.25, -0.2) is 8.42 Å². The van der Waals surface area contributed by atoms with Crippen LogP contribution in [-0.4, -0.2) is 19.5 Å². The zero-order valence-electron chi connectivity index (χ0n) is 13.8. The van der Waals surface area contributed by atoms with Crippen molar-refractivity contribution in [3.05, 3.63) is 89.9 Å². The van der Waals surface area contributed by atoms with Crippen molar-refractivity contribution in [2.24, 2.45) is 0 Å². The molecule has 4 nitrogen and oxygen atoms in total. The van der Waals surface area contributed by atoms with Crippen LogP contribution in [0.3, 0.4) is 0 Å². The molecule has 128 valence electrons. The number of sulfone groups is 1. The third-order valence-electron chi connectivity index (χ3n) is 3.98. The summed E-state index contributed by atoms with van der Waals surface area (Å²) >= 11 is 0. The Labute approximate surface area is 147 Å². The van der Waals surface area contributed by atoms with Crippen LogP contribution in [0.5, 0.6) is 0 Å². The van der Waals surface area contributed by atoms with E-state index >= 15 is 0 Å². The molecule has 0 spiro atoms. The van der Waals surface area contributed by atoms with Gasteiger partial charge in [-0.05, 0) is 31.2 Å². The molecule has 0 fully saturated rings. The van der Waals surface area contributed by atoms with Gasteiger partial charge >= 0.3 is 0 Å². The van der Waals surface area contributed by atoms with Gasteiger partial charge < -0.3 is 4.42 Å². The largest absolute Gasteiger partial charge is 0.466 e. The van der Waals surface area contributed by atoms with Crippen molar-refractivity contribution in [1.29, 1.82) is 0 Å². The Morgan fingerprint density at radius 3 is 2.08 bits per heavy atom. The van der Waals surface area contributed by atoms with Crippen LogP contribution in [0, 0.1) is 6.92 Å². The van der Waals surface area contributed by atoms with Crippen molar-refractivity contribution < 1.29 is 17.6 Å². The Balaban J connectivity index is 2.04. The lowest BCUT2D eigenvalue weighted by Gasteiger charge is -2.16. The predicted octanol–water partition coefficient (Wildman–Crippen LogP) is 3.86. The fraction of sp³-hybridized carbons (Fsp3) is 0.150. The van der Waals surface area contributed by atoms with Crippen LogP contribution in [0.2, 0.25) is 0 Å². The van der Waals surface area contributed by atoms with E-state index in [1.165, 1.54) is 12.1 Å². The van der Waals surface area contributed by atoms with Gasteiger partial charge in [0.2, 0.25) is 0 Å². The molecule has 0 aliphatic heterocycles. The van der Waals surface area contributed by atoms with Crippen LogP contribution in [0.25, 0.3) is 0 Å². The van der Waals surface area contributed by atoms with Crippen LogP contribution in [0.4, 0.5) is 0 Å². The highest BCUT2D eigenvalue weighted by molar-refractivity contribution is 7.92. The van der Waals surface area contributed by atoms with E-state index in [2.05, 4.69) is 0 Å². The summed E-state index contributed by atoms with van der Waals surface area (Å²) in [6.07, 6.45) is -0.00120. The molecule has 0 N–H and O–H groups in total. The van der Waals surface area contributed by atoms with Crippen LogP contribution >= 0.6 is 0 Å². The minimum Gasteiger partial charge on any atom is -0.466 e. The topological polar surface area (TPSA) is 64.3 Å². The van der Waals surface area contributed by atoms with E-state index in [0.29, 0.717) is 17.1 Å². The Morgan fingerprint density at radius 1 is 0.920 bits per heavy atom. The van der Waals surface area contributed by atoms with Crippen molar-refractivity contribution >= 4 is 15.6 Å². The second kappa shape index (κ2) is 7.07. The van der Waals surface area contributed by atoms with Gasteiger partial charge in [-0.2, -0.15) is 0 Å². The maximum absolute atomic E-state index is 13.1. The molecule has 1 heterocycles. The monoisotopic (exact) mass is 354 g/mol. The zero-order chi connectivity index (χ0) is 17.9.